The first-order valence-corrected chi connectivity index (χ1v) is 6.79. The molecule has 2 N–H and O–H groups in total. The first-order chi connectivity index (χ1) is 7.72. The summed E-state index contributed by atoms with van der Waals surface area (Å²) in [6, 6.07) is 0.572. The van der Waals surface area contributed by atoms with Crippen LogP contribution < -0.4 is 5.32 Å². The van der Waals surface area contributed by atoms with Crippen molar-refractivity contribution in [2.75, 3.05) is 13.2 Å². The van der Waals surface area contributed by atoms with Crippen LogP contribution in [-0.2, 0) is 4.74 Å². The van der Waals surface area contributed by atoms with Crippen molar-refractivity contribution in [3.05, 3.63) is 0 Å². The van der Waals surface area contributed by atoms with Gasteiger partial charge in [0.2, 0.25) is 0 Å². The molecule has 94 valence electrons. The number of hydrogen-bond acceptors (Lipinski definition) is 3. The summed E-state index contributed by atoms with van der Waals surface area (Å²) < 4.78 is 5.52. The Labute approximate surface area is 98.6 Å². The van der Waals surface area contributed by atoms with Crippen molar-refractivity contribution < 1.29 is 9.84 Å². The fraction of sp³-hybridized carbons (Fsp3) is 1.00. The predicted molar refractivity (Wildman–Crippen MR) is 64.5 cm³/mol. The molecule has 2 aliphatic rings. The Kier molecular flexibility index (Phi) is 4.22. The first kappa shape index (κ1) is 12.3. The molecule has 0 radical (unpaired) electrons. The lowest BCUT2D eigenvalue weighted by Gasteiger charge is -2.39. The first-order valence-electron chi connectivity index (χ1n) is 6.79. The van der Waals surface area contributed by atoms with E-state index in [4.69, 9.17) is 4.74 Å². The van der Waals surface area contributed by atoms with Crippen molar-refractivity contribution in [3.63, 3.8) is 0 Å². The molecule has 0 atom stereocenters. The zero-order valence-electron chi connectivity index (χ0n) is 10.4. The maximum atomic E-state index is 10.3. The van der Waals surface area contributed by atoms with Gasteiger partial charge in [0.15, 0.2) is 0 Å². The summed E-state index contributed by atoms with van der Waals surface area (Å²) in [6.45, 7) is 3.64. The Morgan fingerprint density at radius 1 is 1.25 bits per heavy atom. The maximum Gasteiger partial charge on any atom is 0.0771 e. The molecule has 3 nitrogen and oxygen atoms in total. The van der Waals surface area contributed by atoms with E-state index in [1.165, 1.54) is 19.3 Å². The molecule has 0 unspecified atom stereocenters. The molecule has 0 aliphatic heterocycles. The van der Waals surface area contributed by atoms with E-state index < -0.39 is 5.60 Å². The Morgan fingerprint density at radius 3 is 2.56 bits per heavy atom. The second-order valence-electron chi connectivity index (χ2n) is 5.41. The van der Waals surface area contributed by atoms with Crippen LogP contribution in [0.5, 0.6) is 0 Å². The van der Waals surface area contributed by atoms with E-state index in [9.17, 15) is 5.11 Å². The zero-order chi connectivity index (χ0) is 11.4. The van der Waals surface area contributed by atoms with Gasteiger partial charge in [0.1, 0.15) is 0 Å². The molecule has 0 spiro atoms. The number of aliphatic hydroxyl groups is 1. The van der Waals surface area contributed by atoms with E-state index in [2.05, 4.69) is 5.32 Å². The molecule has 0 bridgehead atoms. The van der Waals surface area contributed by atoms with Crippen LogP contribution in [0, 0.1) is 0 Å². The topological polar surface area (TPSA) is 41.5 Å². The van der Waals surface area contributed by atoms with Gasteiger partial charge in [-0.15, -0.1) is 0 Å². The van der Waals surface area contributed by atoms with Gasteiger partial charge in [-0.1, -0.05) is 19.3 Å². The van der Waals surface area contributed by atoms with Crippen LogP contribution >= 0.6 is 0 Å². The van der Waals surface area contributed by atoms with Gasteiger partial charge in [-0.25, -0.2) is 0 Å². The highest BCUT2D eigenvalue weighted by molar-refractivity contribution is 4.90. The smallest absolute Gasteiger partial charge is 0.0771 e. The minimum absolute atomic E-state index is 0.422. The third kappa shape index (κ3) is 3.19. The van der Waals surface area contributed by atoms with Crippen molar-refractivity contribution in [3.8, 4) is 0 Å². The van der Waals surface area contributed by atoms with E-state index in [1.54, 1.807) is 0 Å². The van der Waals surface area contributed by atoms with Gasteiger partial charge >= 0.3 is 0 Å². The van der Waals surface area contributed by atoms with Crippen LogP contribution in [0.3, 0.4) is 0 Å². The summed E-state index contributed by atoms with van der Waals surface area (Å²) in [5.41, 5.74) is -0.422. The number of ether oxygens (including phenoxy) is 1. The normalized spacial score (nSPS) is 33.4. The van der Waals surface area contributed by atoms with Crippen LogP contribution in [0.4, 0.5) is 0 Å². The molecule has 0 saturated heterocycles. The molecular weight excluding hydrogens is 202 g/mol. The minimum atomic E-state index is -0.422. The van der Waals surface area contributed by atoms with Crippen LogP contribution in [0.2, 0.25) is 0 Å². The van der Waals surface area contributed by atoms with Crippen molar-refractivity contribution in [2.45, 2.75) is 69.6 Å². The second-order valence-corrected chi connectivity index (χ2v) is 5.41. The SMILES string of the molecule is CCOC1CC(NCC2(O)CCCCC2)C1. The quantitative estimate of drug-likeness (QED) is 0.753. The lowest BCUT2D eigenvalue weighted by Crippen LogP contribution is -2.51. The minimum Gasteiger partial charge on any atom is -0.389 e. The maximum absolute atomic E-state index is 10.3. The highest BCUT2D eigenvalue weighted by Crippen LogP contribution is 2.29. The standard InChI is InChI=1S/C13H25NO2/c1-2-16-12-8-11(9-12)14-10-13(15)6-4-3-5-7-13/h11-12,14-15H,2-10H2,1H3. The summed E-state index contributed by atoms with van der Waals surface area (Å²) in [5, 5.41) is 13.8. The molecule has 0 heterocycles. The van der Waals surface area contributed by atoms with Crippen molar-refractivity contribution in [2.24, 2.45) is 0 Å². The molecular formula is C13H25NO2. The molecule has 3 heteroatoms. The van der Waals surface area contributed by atoms with Crippen molar-refractivity contribution in [1.82, 2.24) is 5.32 Å². The van der Waals surface area contributed by atoms with Crippen LogP contribution in [0.15, 0.2) is 0 Å². The lowest BCUT2D eigenvalue weighted by atomic mass is 9.83. The Balaban J connectivity index is 1.61. The summed E-state index contributed by atoms with van der Waals surface area (Å²) in [4.78, 5) is 0. The third-order valence-electron chi connectivity index (χ3n) is 4.00. The monoisotopic (exact) mass is 227 g/mol. The van der Waals surface area contributed by atoms with Crippen molar-refractivity contribution in [1.29, 1.82) is 0 Å². The van der Waals surface area contributed by atoms with E-state index in [0.717, 1.165) is 38.8 Å². The summed E-state index contributed by atoms with van der Waals surface area (Å²) in [6.07, 6.45) is 8.30. The van der Waals surface area contributed by atoms with Gasteiger partial charge in [0, 0.05) is 19.2 Å². The Hall–Kier alpha value is -0.120. The summed E-state index contributed by atoms with van der Waals surface area (Å²) in [7, 11) is 0. The van der Waals surface area contributed by atoms with Crippen LogP contribution in [0.1, 0.15) is 51.9 Å². The molecule has 0 aromatic rings. The molecule has 0 aromatic carbocycles. The van der Waals surface area contributed by atoms with Gasteiger partial charge in [-0.2, -0.15) is 0 Å². The summed E-state index contributed by atoms with van der Waals surface area (Å²) in [5.74, 6) is 0. The molecule has 2 aliphatic carbocycles. The zero-order valence-corrected chi connectivity index (χ0v) is 10.4. The molecule has 0 amide bonds. The molecule has 2 fully saturated rings. The van der Waals surface area contributed by atoms with Crippen LogP contribution in [-0.4, -0.2) is 36.0 Å². The van der Waals surface area contributed by atoms with E-state index in [1.807, 2.05) is 6.92 Å². The largest absolute Gasteiger partial charge is 0.389 e. The van der Waals surface area contributed by atoms with E-state index in [-0.39, 0.29) is 0 Å². The Bertz CT molecular complexity index is 208. The van der Waals surface area contributed by atoms with E-state index >= 15 is 0 Å². The lowest BCUT2D eigenvalue weighted by molar-refractivity contribution is -0.0294. The highest BCUT2D eigenvalue weighted by Gasteiger charge is 2.33. The number of hydrogen-bond donors (Lipinski definition) is 2. The molecule has 2 saturated carbocycles. The molecule has 16 heavy (non-hydrogen) atoms. The fourth-order valence-corrected chi connectivity index (χ4v) is 2.83. The predicted octanol–water partition coefficient (Wildman–Crippen LogP) is 1.84. The third-order valence-corrected chi connectivity index (χ3v) is 4.00. The van der Waals surface area contributed by atoms with Gasteiger partial charge < -0.3 is 15.2 Å². The fourth-order valence-electron chi connectivity index (χ4n) is 2.83. The Morgan fingerprint density at radius 2 is 1.94 bits per heavy atom. The van der Waals surface area contributed by atoms with Gasteiger partial charge in [-0.3, -0.25) is 0 Å². The van der Waals surface area contributed by atoms with Gasteiger partial charge in [0.25, 0.3) is 0 Å². The summed E-state index contributed by atoms with van der Waals surface area (Å²) >= 11 is 0. The average Bonchev–Trinajstić information content (AvgIpc) is 2.22. The van der Waals surface area contributed by atoms with Crippen molar-refractivity contribution >= 4 is 0 Å². The second kappa shape index (κ2) is 5.48. The average molecular weight is 227 g/mol. The molecule has 0 aromatic heterocycles. The van der Waals surface area contributed by atoms with Crippen LogP contribution in [0.25, 0.3) is 0 Å². The number of rotatable bonds is 5. The number of nitrogens with one attached hydrogen (secondary N) is 1. The molecule has 2 rings (SSSR count). The van der Waals surface area contributed by atoms with Gasteiger partial charge in [0.05, 0.1) is 11.7 Å². The highest BCUT2D eigenvalue weighted by atomic mass is 16.5. The van der Waals surface area contributed by atoms with E-state index in [0.29, 0.717) is 12.1 Å². The van der Waals surface area contributed by atoms with Gasteiger partial charge in [-0.05, 0) is 32.6 Å².